The molecule has 0 aromatic heterocycles. The van der Waals surface area contributed by atoms with Crippen LogP contribution in [0.3, 0.4) is 0 Å². The Bertz CT molecular complexity index is 121. The van der Waals surface area contributed by atoms with Crippen LogP contribution >= 0.6 is 0 Å². The lowest BCUT2D eigenvalue weighted by molar-refractivity contribution is 0.221. The predicted octanol–water partition coefficient (Wildman–Crippen LogP) is 1.11. The second kappa shape index (κ2) is 1.75. The van der Waals surface area contributed by atoms with Gasteiger partial charge < -0.3 is 5.11 Å². The monoisotopic (exact) mass is 110 g/mol. The topological polar surface area (TPSA) is 20.2 Å². The molecule has 1 rings (SSSR count). The van der Waals surface area contributed by atoms with Gasteiger partial charge in [0.25, 0.3) is 0 Å². The molecule has 44 valence electrons. The van der Waals surface area contributed by atoms with Crippen LogP contribution in [0.2, 0.25) is 0 Å². The van der Waals surface area contributed by atoms with E-state index in [-0.39, 0.29) is 12.0 Å². The zero-order valence-electron chi connectivity index (χ0n) is 4.96. The molecule has 0 saturated carbocycles. The zero-order chi connectivity index (χ0) is 6.04. The Balaban J connectivity index is 2.69. The third-order valence-electron chi connectivity index (χ3n) is 1.41. The van der Waals surface area contributed by atoms with E-state index >= 15 is 0 Å². The molecule has 0 spiro atoms. The first kappa shape index (κ1) is 5.57. The minimum atomic E-state index is -0.0694. The van der Waals surface area contributed by atoms with Crippen LogP contribution in [0.15, 0.2) is 24.3 Å². The van der Waals surface area contributed by atoms with Crippen LogP contribution in [0.5, 0.6) is 0 Å². The number of rotatable bonds is 1. The van der Waals surface area contributed by atoms with Crippen molar-refractivity contribution in [3.63, 3.8) is 0 Å². The van der Waals surface area contributed by atoms with Crippen molar-refractivity contribution in [1.82, 2.24) is 0 Å². The smallest absolute Gasteiger partial charge is 0.0554 e. The summed E-state index contributed by atoms with van der Waals surface area (Å²) in [5.41, 5.74) is -0.0694. The molecule has 0 fully saturated rings. The van der Waals surface area contributed by atoms with Gasteiger partial charge in [-0.3, -0.25) is 0 Å². The molecule has 0 radical (unpaired) electrons. The van der Waals surface area contributed by atoms with E-state index in [1.54, 1.807) is 0 Å². The largest absolute Gasteiger partial charge is 0.395 e. The minimum Gasteiger partial charge on any atom is -0.395 e. The van der Waals surface area contributed by atoms with E-state index in [0.29, 0.717) is 0 Å². The fourth-order valence-electron chi connectivity index (χ4n) is 0.712. The second-order valence-electron chi connectivity index (χ2n) is 2.38. The first-order chi connectivity index (χ1) is 3.77. The summed E-state index contributed by atoms with van der Waals surface area (Å²) in [4.78, 5) is 0. The Morgan fingerprint density at radius 2 is 1.88 bits per heavy atom. The molecule has 0 heterocycles. The molecule has 0 saturated heterocycles. The van der Waals surface area contributed by atoms with Gasteiger partial charge >= 0.3 is 0 Å². The van der Waals surface area contributed by atoms with Crippen LogP contribution in [0, 0.1) is 5.41 Å². The van der Waals surface area contributed by atoms with Gasteiger partial charge in [0.2, 0.25) is 0 Å². The molecular formula is C7H10O. The first-order valence-electron chi connectivity index (χ1n) is 2.75. The molecular weight excluding hydrogens is 100 g/mol. The van der Waals surface area contributed by atoms with E-state index in [0.717, 1.165) is 0 Å². The van der Waals surface area contributed by atoms with E-state index in [1.807, 2.05) is 31.2 Å². The summed E-state index contributed by atoms with van der Waals surface area (Å²) in [6.07, 6.45) is 7.90. The lowest BCUT2D eigenvalue weighted by atomic mass is 9.95. The summed E-state index contributed by atoms with van der Waals surface area (Å²) in [6.45, 7) is 2.20. The van der Waals surface area contributed by atoms with Crippen LogP contribution < -0.4 is 0 Å². The van der Waals surface area contributed by atoms with Gasteiger partial charge in [0.1, 0.15) is 0 Å². The van der Waals surface area contributed by atoms with E-state index in [4.69, 9.17) is 5.11 Å². The van der Waals surface area contributed by atoms with E-state index in [1.165, 1.54) is 0 Å². The van der Waals surface area contributed by atoms with Gasteiger partial charge in [0.05, 0.1) is 6.61 Å². The molecule has 1 nitrogen and oxygen atoms in total. The number of aliphatic hydroxyl groups excluding tert-OH is 1. The maximum Gasteiger partial charge on any atom is 0.0554 e. The van der Waals surface area contributed by atoms with Crippen LogP contribution in [0.4, 0.5) is 0 Å². The minimum absolute atomic E-state index is 0.0694. The standard InChI is InChI=1S/C7H10O/c1-7(6-8)4-2-3-5-7/h2-5,8H,6H2,1H3. The molecule has 0 amide bonds. The van der Waals surface area contributed by atoms with Gasteiger partial charge in [-0.15, -0.1) is 0 Å². The molecule has 0 unspecified atom stereocenters. The SMILES string of the molecule is CC1(CO)C=CC=C1. The van der Waals surface area contributed by atoms with Crippen molar-refractivity contribution in [3.05, 3.63) is 24.3 Å². The van der Waals surface area contributed by atoms with Crippen LogP contribution in [-0.2, 0) is 0 Å². The molecule has 0 bridgehead atoms. The van der Waals surface area contributed by atoms with Crippen molar-refractivity contribution < 1.29 is 5.11 Å². The molecule has 1 N–H and O–H groups in total. The lowest BCUT2D eigenvalue weighted by Gasteiger charge is -2.13. The Kier molecular flexibility index (Phi) is 1.22. The van der Waals surface area contributed by atoms with Crippen molar-refractivity contribution in [1.29, 1.82) is 0 Å². The highest BCUT2D eigenvalue weighted by Crippen LogP contribution is 2.23. The second-order valence-corrected chi connectivity index (χ2v) is 2.38. The quantitative estimate of drug-likeness (QED) is 0.536. The predicted molar refractivity (Wildman–Crippen MR) is 33.5 cm³/mol. The van der Waals surface area contributed by atoms with E-state index in [2.05, 4.69) is 0 Å². The third-order valence-corrected chi connectivity index (χ3v) is 1.41. The van der Waals surface area contributed by atoms with Gasteiger partial charge in [-0.1, -0.05) is 31.2 Å². The number of allylic oxidation sites excluding steroid dienone is 2. The maximum atomic E-state index is 8.72. The fraction of sp³-hybridized carbons (Fsp3) is 0.429. The van der Waals surface area contributed by atoms with E-state index in [9.17, 15) is 0 Å². The Hall–Kier alpha value is -0.560. The molecule has 1 heteroatoms. The highest BCUT2D eigenvalue weighted by atomic mass is 16.3. The average Bonchev–Trinajstić information content (AvgIpc) is 2.17. The van der Waals surface area contributed by atoms with Gasteiger partial charge in [0, 0.05) is 5.41 Å². The summed E-state index contributed by atoms with van der Waals surface area (Å²) in [7, 11) is 0. The summed E-state index contributed by atoms with van der Waals surface area (Å²) in [6, 6.07) is 0. The summed E-state index contributed by atoms with van der Waals surface area (Å²) >= 11 is 0. The van der Waals surface area contributed by atoms with Crippen LogP contribution in [0.25, 0.3) is 0 Å². The van der Waals surface area contributed by atoms with E-state index < -0.39 is 0 Å². The van der Waals surface area contributed by atoms with Gasteiger partial charge in [-0.25, -0.2) is 0 Å². The summed E-state index contributed by atoms with van der Waals surface area (Å²) in [5, 5.41) is 8.72. The normalized spacial score (nSPS) is 22.2. The zero-order valence-corrected chi connectivity index (χ0v) is 4.96. The maximum absolute atomic E-state index is 8.72. The highest BCUT2D eigenvalue weighted by Gasteiger charge is 2.16. The van der Waals surface area contributed by atoms with Crippen molar-refractivity contribution >= 4 is 0 Å². The number of hydrogen-bond donors (Lipinski definition) is 1. The van der Waals surface area contributed by atoms with Crippen molar-refractivity contribution in [3.8, 4) is 0 Å². The molecule has 0 aromatic rings. The molecule has 8 heavy (non-hydrogen) atoms. The average molecular weight is 110 g/mol. The lowest BCUT2D eigenvalue weighted by Crippen LogP contribution is -2.12. The van der Waals surface area contributed by atoms with Crippen LogP contribution in [-0.4, -0.2) is 11.7 Å². The van der Waals surface area contributed by atoms with Gasteiger partial charge in [0.15, 0.2) is 0 Å². The van der Waals surface area contributed by atoms with Gasteiger partial charge in [-0.05, 0) is 0 Å². The number of hydrogen-bond acceptors (Lipinski definition) is 1. The molecule has 0 aliphatic heterocycles. The first-order valence-corrected chi connectivity index (χ1v) is 2.75. The Morgan fingerprint density at radius 1 is 1.38 bits per heavy atom. The Labute approximate surface area is 49.3 Å². The molecule has 0 atom stereocenters. The number of aliphatic hydroxyl groups is 1. The van der Waals surface area contributed by atoms with Gasteiger partial charge in [-0.2, -0.15) is 0 Å². The van der Waals surface area contributed by atoms with Crippen molar-refractivity contribution in [2.45, 2.75) is 6.92 Å². The molecule has 0 aromatic carbocycles. The highest BCUT2D eigenvalue weighted by molar-refractivity contribution is 5.23. The molecule has 1 aliphatic carbocycles. The summed E-state index contributed by atoms with van der Waals surface area (Å²) in [5.74, 6) is 0. The fourth-order valence-corrected chi connectivity index (χ4v) is 0.712. The van der Waals surface area contributed by atoms with Crippen molar-refractivity contribution in [2.24, 2.45) is 5.41 Å². The van der Waals surface area contributed by atoms with Crippen molar-refractivity contribution in [2.75, 3.05) is 6.61 Å². The molecule has 1 aliphatic rings. The third kappa shape index (κ3) is 0.819. The summed E-state index contributed by atoms with van der Waals surface area (Å²) < 4.78 is 0. The Morgan fingerprint density at radius 3 is 2.12 bits per heavy atom. The van der Waals surface area contributed by atoms with Crippen LogP contribution in [0.1, 0.15) is 6.92 Å².